The third-order valence-corrected chi connectivity index (χ3v) is 5.06. The molecule has 0 aliphatic carbocycles. The molecule has 3 aromatic rings. The van der Waals surface area contributed by atoms with Crippen LogP contribution >= 0.6 is 0 Å². The Morgan fingerprint density at radius 3 is 2.75 bits per heavy atom. The molecule has 3 N–H and O–H groups in total. The summed E-state index contributed by atoms with van der Waals surface area (Å²) < 4.78 is 0. The molecular weight excluding hydrogens is 346 g/mol. The molecule has 0 bridgehead atoms. The van der Waals surface area contributed by atoms with Crippen LogP contribution in [0, 0.1) is 6.92 Å². The van der Waals surface area contributed by atoms with Crippen LogP contribution in [0.4, 0.5) is 0 Å². The fraction of sp³-hybridized carbons (Fsp3) is 0.217. The monoisotopic (exact) mass is 371 g/mol. The van der Waals surface area contributed by atoms with E-state index < -0.39 is 0 Å². The molecule has 1 aliphatic heterocycles. The molecule has 1 aromatic heterocycles. The van der Waals surface area contributed by atoms with Gasteiger partial charge in [0, 0.05) is 47.9 Å². The minimum Gasteiger partial charge on any atom is -0.401 e. The van der Waals surface area contributed by atoms with E-state index in [4.69, 9.17) is 10.7 Å². The molecule has 0 saturated carbocycles. The smallest absolute Gasteiger partial charge is 0.137 e. The molecule has 1 aliphatic rings. The second kappa shape index (κ2) is 7.82. The highest BCUT2D eigenvalue weighted by Crippen LogP contribution is 2.22. The standard InChI is InChI=1S/C23H25N5/c1-16-6-3-4-9-19(16)22(20-14-28(2)15-21(20)24)27-13-17-7-5-8-18(12-17)23-25-10-11-26-23/h3-12H,13-15,24H2,1-2H3,(H,25,26). The molecule has 2 aromatic carbocycles. The third kappa shape index (κ3) is 3.75. The zero-order valence-corrected chi connectivity index (χ0v) is 16.3. The van der Waals surface area contributed by atoms with E-state index in [1.54, 1.807) is 6.20 Å². The van der Waals surface area contributed by atoms with Gasteiger partial charge in [0.05, 0.1) is 12.3 Å². The first kappa shape index (κ1) is 18.2. The average Bonchev–Trinajstić information content (AvgIpc) is 3.34. The summed E-state index contributed by atoms with van der Waals surface area (Å²) in [5.74, 6) is 0.870. The van der Waals surface area contributed by atoms with Gasteiger partial charge in [-0.2, -0.15) is 0 Å². The molecule has 0 spiro atoms. The first-order valence-corrected chi connectivity index (χ1v) is 9.47. The quantitative estimate of drug-likeness (QED) is 0.674. The van der Waals surface area contributed by atoms with Crippen molar-refractivity contribution < 1.29 is 0 Å². The van der Waals surface area contributed by atoms with Gasteiger partial charge >= 0.3 is 0 Å². The Bertz CT molecular complexity index is 1030. The molecule has 0 radical (unpaired) electrons. The van der Waals surface area contributed by atoms with Gasteiger partial charge in [0.2, 0.25) is 0 Å². The fourth-order valence-electron chi connectivity index (χ4n) is 3.63. The third-order valence-electron chi connectivity index (χ3n) is 5.06. The Morgan fingerprint density at radius 1 is 1.18 bits per heavy atom. The van der Waals surface area contributed by atoms with Crippen LogP contribution in [-0.2, 0) is 6.54 Å². The lowest BCUT2D eigenvalue weighted by atomic mass is 9.97. The van der Waals surface area contributed by atoms with Crippen molar-refractivity contribution in [3.8, 4) is 11.4 Å². The van der Waals surface area contributed by atoms with Crippen molar-refractivity contribution in [1.29, 1.82) is 0 Å². The molecule has 2 heterocycles. The minimum atomic E-state index is 0.596. The van der Waals surface area contributed by atoms with E-state index in [9.17, 15) is 0 Å². The van der Waals surface area contributed by atoms with Crippen LogP contribution in [0.2, 0.25) is 0 Å². The van der Waals surface area contributed by atoms with Gasteiger partial charge in [-0.15, -0.1) is 0 Å². The Kier molecular flexibility index (Phi) is 5.08. The van der Waals surface area contributed by atoms with E-state index in [0.29, 0.717) is 6.54 Å². The minimum absolute atomic E-state index is 0.596. The number of nitrogens with zero attached hydrogens (tertiary/aromatic N) is 3. The zero-order chi connectivity index (χ0) is 19.5. The number of hydrogen-bond donors (Lipinski definition) is 2. The highest BCUT2D eigenvalue weighted by molar-refractivity contribution is 6.14. The van der Waals surface area contributed by atoms with Crippen molar-refractivity contribution >= 4 is 5.71 Å². The van der Waals surface area contributed by atoms with Crippen molar-refractivity contribution in [2.45, 2.75) is 13.5 Å². The van der Waals surface area contributed by atoms with Crippen molar-refractivity contribution in [3.05, 3.63) is 88.9 Å². The predicted octanol–water partition coefficient (Wildman–Crippen LogP) is 3.53. The van der Waals surface area contributed by atoms with Crippen molar-refractivity contribution in [3.63, 3.8) is 0 Å². The number of aliphatic imine (C=N–C) groups is 1. The lowest BCUT2D eigenvalue weighted by Gasteiger charge is -2.13. The molecule has 5 nitrogen and oxygen atoms in total. The number of nitrogens with one attached hydrogen (secondary N) is 1. The van der Waals surface area contributed by atoms with E-state index in [1.165, 1.54) is 5.56 Å². The van der Waals surface area contributed by atoms with Gasteiger partial charge in [-0.05, 0) is 31.2 Å². The summed E-state index contributed by atoms with van der Waals surface area (Å²) in [6.45, 7) is 4.33. The molecule has 4 rings (SSSR count). The number of likely N-dealkylation sites (N-methyl/N-ethyl adjacent to an activating group) is 1. The number of aryl methyl sites for hydroxylation is 1. The maximum absolute atomic E-state index is 6.36. The first-order chi connectivity index (χ1) is 13.6. The molecule has 0 amide bonds. The predicted molar refractivity (Wildman–Crippen MR) is 114 cm³/mol. The van der Waals surface area contributed by atoms with Gasteiger partial charge in [0.25, 0.3) is 0 Å². The van der Waals surface area contributed by atoms with Gasteiger partial charge < -0.3 is 10.7 Å². The van der Waals surface area contributed by atoms with E-state index >= 15 is 0 Å². The van der Waals surface area contributed by atoms with Crippen LogP contribution in [-0.4, -0.2) is 40.7 Å². The van der Waals surface area contributed by atoms with Crippen LogP contribution in [0.25, 0.3) is 11.4 Å². The fourth-order valence-corrected chi connectivity index (χ4v) is 3.63. The molecular formula is C23H25N5. The largest absolute Gasteiger partial charge is 0.401 e. The van der Waals surface area contributed by atoms with E-state index in [0.717, 1.165) is 52.6 Å². The number of aromatic nitrogens is 2. The van der Waals surface area contributed by atoms with Crippen LogP contribution in [0.15, 0.2) is 77.2 Å². The van der Waals surface area contributed by atoms with Gasteiger partial charge in [-0.1, -0.05) is 42.5 Å². The van der Waals surface area contributed by atoms with Crippen LogP contribution in [0.5, 0.6) is 0 Å². The SMILES string of the molecule is Cc1ccccc1C(=NCc1cccc(-c2ncc[nH]2)c1)C1=C(N)CN(C)C1. The van der Waals surface area contributed by atoms with Crippen LogP contribution < -0.4 is 5.73 Å². The molecule has 0 saturated heterocycles. The summed E-state index contributed by atoms with van der Waals surface area (Å²) in [6, 6.07) is 16.7. The lowest BCUT2D eigenvalue weighted by molar-refractivity contribution is 0.426. The number of hydrogen-bond acceptors (Lipinski definition) is 4. The number of benzene rings is 2. The molecule has 5 heteroatoms. The highest BCUT2D eigenvalue weighted by Gasteiger charge is 2.22. The maximum Gasteiger partial charge on any atom is 0.137 e. The summed E-state index contributed by atoms with van der Waals surface area (Å²) in [4.78, 5) is 14.8. The molecule has 28 heavy (non-hydrogen) atoms. The summed E-state index contributed by atoms with van der Waals surface area (Å²) in [6.07, 6.45) is 3.60. The Hall–Kier alpha value is -3.18. The normalized spacial score (nSPS) is 15.4. The van der Waals surface area contributed by atoms with Crippen molar-refractivity contribution in [2.24, 2.45) is 10.7 Å². The van der Waals surface area contributed by atoms with Gasteiger partial charge in [0.15, 0.2) is 0 Å². The molecule has 0 fully saturated rings. The summed E-state index contributed by atoms with van der Waals surface area (Å²) in [5.41, 5.74) is 14.0. The topological polar surface area (TPSA) is 70.3 Å². The number of rotatable bonds is 5. The van der Waals surface area contributed by atoms with E-state index in [1.807, 2.05) is 12.3 Å². The van der Waals surface area contributed by atoms with E-state index in [-0.39, 0.29) is 0 Å². The second-order valence-electron chi connectivity index (χ2n) is 7.29. The zero-order valence-electron chi connectivity index (χ0n) is 16.3. The Labute approximate surface area is 165 Å². The van der Waals surface area contributed by atoms with Crippen molar-refractivity contribution in [2.75, 3.05) is 20.1 Å². The molecule has 0 unspecified atom stereocenters. The Balaban J connectivity index is 1.70. The summed E-state index contributed by atoms with van der Waals surface area (Å²) in [7, 11) is 2.09. The highest BCUT2D eigenvalue weighted by atomic mass is 15.1. The van der Waals surface area contributed by atoms with Gasteiger partial charge in [-0.3, -0.25) is 9.89 Å². The number of H-pyrrole nitrogens is 1. The number of aromatic amines is 1. The first-order valence-electron chi connectivity index (χ1n) is 9.47. The maximum atomic E-state index is 6.36. The molecule has 142 valence electrons. The van der Waals surface area contributed by atoms with Gasteiger partial charge in [-0.25, -0.2) is 4.98 Å². The van der Waals surface area contributed by atoms with Gasteiger partial charge in [0.1, 0.15) is 5.82 Å². The van der Waals surface area contributed by atoms with Crippen LogP contribution in [0.3, 0.4) is 0 Å². The average molecular weight is 371 g/mol. The Morgan fingerprint density at radius 2 is 2.04 bits per heavy atom. The second-order valence-corrected chi connectivity index (χ2v) is 7.29. The van der Waals surface area contributed by atoms with E-state index in [2.05, 4.69) is 71.3 Å². The molecule has 0 atom stereocenters. The number of nitrogens with two attached hydrogens (primary N) is 1. The number of imidazole rings is 1. The van der Waals surface area contributed by atoms with Crippen LogP contribution in [0.1, 0.15) is 16.7 Å². The lowest BCUT2D eigenvalue weighted by Crippen LogP contribution is -2.18. The summed E-state index contributed by atoms with van der Waals surface area (Å²) in [5, 5.41) is 0. The van der Waals surface area contributed by atoms with Crippen molar-refractivity contribution in [1.82, 2.24) is 14.9 Å². The summed E-state index contributed by atoms with van der Waals surface area (Å²) >= 11 is 0.